The van der Waals surface area contributed by atoms with Gasteiger partial charge in [-0.2, -0.15) is 0 Å². The van der Waals surface area contributed by atoms with E-state index < -0.39 is 12.0 Å². The highest BCUT2D eigenvalue weighted by Gasteiger charge is 2.19. The average Bonchev–Trinajstić information content (AvgIpc) is 2.50. The number of carbonyl (C=O) groups is 1. The molecule has 1 unspecified atom stereocenters. The van der Waals surface area contributed by atoms with E-state index in [1.807, 2.05) is 6.92 Å². The third kappa shape index (κ3) is 1.62. The highest BCUT2D eigenvalue weighted by molar-refractivity contribution is 5.73. The van der Waals surface area contributed by atoms with E-state index in [0.29, 0.717) is 12.1 Å². The fourth-order valence-corrected chi connectivity index (χ4v) is 0.734. The fourth-order valence-electron chi connectivity index (χ4n) is 0.734. The summed E-state index contributed by atoms with van der Waals surface area (Å²) in [5, 5.41) is 8.49. The summed E-state index contributed by atoms with van der Waals surface area (Å²) < 4.78 is 4.86. The van der Waals surface area contributed by atoms with Gasteiger partial charge in [-0.15, -0.1) is 0 Å². The molecule has 0 bridgehead atoms. The Morgan fingerprint density at radius 1 is 1.92 bits per heavy atom. The first-order valence-corrected chi connectivity index (χ1v) is 3.57. The lowest BCUT2D eigenvalue weighted by Gasteiger charge is -1.98. The summed E-state index contributed by atoms with van der Waals surface area (Å²) in [4.78, 5) is 14.2. The second-order valence-electron chi connectivity index (χ2n) is 2.35. The van der Waals surface area contributed by atoms with Crippen LogP contribution in [-0.2, 0) is 11.2 Å². The molecule has 1 heterocycles. The lowest BCUT2D eigenvalue weighted by molar-refractivity contribution is -0.139. The molecule has 12 heavy (non-hydrogen) atoms. The van der Waals surface area contributed by atoms with E-state index in [9.17, 15) is 4.79 Å². The number of hydrogen-bond acceptors (Lipinski definition) is 4. The Labute approximate surface area is 69.2 Å². The van der Waals surface area contributed by atoms with Gasteiger partial charge in [0.1, 0.15) is 6.26 Å². The molecule has 5 nitrogen and oxygen atoms in total. The lowest BCUT2D eigenvalue weighted by Crippen LogP contribution is -2.20. The third-order valence-corrected chi connectivity index (χ3v) is 1.46. The van der Waals surface area contributed by atoms with Crippen LogP contribution in [0.4, 0.5) is 0 Å². The second kappa shape index (κ2) is 3.36. The number of oxazole rings is 1. The SMILES string of the molecule is CCc1coc(C(N)C(=O)O)n1. The van der Waals surface area contributed by atoms with Crippen LogP contribution >= 0.6 is 0 Å². The maximum absolute atomic E-state index is 10.4. The predicted molar refractivity (Wildman–Crippen MR) is 40.4 cm³/mol. The predicted octanol–water partition coefficient (Wildman–Crippen LogP) is 0.321. The van der Waals surface area contributed by atoms with Crippen molar-refractivity contribution in [3.63, 3.8) is 0 Å². The highest BCUT2D eigenvalue weighted by Crippen LogP contribution is 2.10. The maximum Gasteiger partial charge on any atom is 0.330 e. The van der Waals surface area contributed by atoms with E-state index >= 15 is 0 Å². The topological polar surface area (TPSA) is 89.3 Å². The first-order valence-electron chi connectivity index (χ1n) is 3.57. The highest BCUT2D eigenvalue weighted by atomic mass is 16.4. The van der Waals surface area contributed by atoms with Gasteiger partial charge in [0.25, 0.3) is 0 Å². The molecule has 1 atom stereocenters. The van der Waals surface area contributed by atoms with Crippen molar-refractivity contribution in [1.82, 2.24) is 4.98 Å². The normalized spacial score (nSPS) is 12.8. The summed E-state index contributed by atoms with van der Waals surface area (Å²) in [5.41, 5.74) is 5.96. The van der Waals surface area contributed by atoms with Crippen molar-refractivity contribution in [1.29, 1.82) is 0 Å². The maximum atomic E-state index is 10.4. The van der Waals surface area contributed by atoms with E-state index in [-0.39, 0.29) is 5.89 Å². The van der Waals surface area contributed by atoms with Gasteiger partial charge in [-0.1, -0.05) is 6.92 Å². The molecule has 1 rings (SSSR count). The van der Waals surface area contributed by atoms with E-state index in [2.05, 4.69) is 4.98 Å². The van der Waals surface area contributed by atoms with Gasteiger partial charge in [-0.25, -0.2) is 9.78 Å². The smallest absolute Gasteiger partial charge is 0.330 e. The van der Waals surface area contributed by atoms with Crippen molar-refractivity contribution in [2.24, 2.45) is 5.73 Å². The lowest BCUT2D eigenvalue weighted by atomic mass is 10.3. The van der Waals surface area contributed by atoms with Crippen LogP contribution in [-0.4, -0.2) is 16.1 Å². The Balaban J connectivity index is 2.81. The van der Waals surface area contributed by atoms with Crippen molar-refractivity contribution in [2.45, 2.75) is 19.4 Å². The fraction of sp³-hybridized carbons (Fsp3) is 0.429. The van der Waals surface area contributed by atoms with Gasteiger partial charge in [0.15, 0.2) is 6.04 Å². The van der Waals surface area contributed by atoms with E-state index in [0.717, 1.165) is 0 Å². The molecular formula is C7H10N2O3. The molecule has 0 saturated carbocycles. The number of nitrogens with zero attached hydrogens (tertiary/aromatic N) is 1. The average molecular weight is 170 g/mol. The number of aliphatic carboxylic acids is 1. The standard InChI is InChI=1S/C7H10N2O3/c1-2-4-3-12-6(9-4)5(8)7(10)11/h3,5H,2,8H2,1H3,(H,10,11). The second-order valence-corrected chi connectivity index (χ2v) is 2.35. The van der Waals surface area contributed by atoms with Crippen LogP contribution in [0.2, 0.25) is 0 Å². The van der Waals surface area contributed by atoms with Crippen molar-refractivity contribution in [3.8, 4) is 0 Å². The number of hydrogen-bond donors (Lipinski definition) is 2. The van der Waals surface area contributed by atoms with Crippen LogP contribution in [0, 0.1) is 0 Å². The minimum atomic E-state index is -1.16. The first kappa shape index (κ1) is 8.73. The van der Waals surface area contributed by atoms with Crippen LogP contribution in [0.25, 0.3) is 0 Å². The van der Waals surface area contributed by atoms with Crippen LogP contribution < -0.4 is 5.73 Å². The molecule has 66 valence electrons. The summed E-state index contributed by atoms with van der Waals surface area (Å²) in [6.45, 7) is 1.90. The molecule has 0 saturated heterocycles. The molecule has 0 aliphatic carbocycles. The number of carboxylic acids is 1. The van der Waals surface area contributed by atoms with E-state index in [4.69, 9.17) is 15.3 Å². The third-order valence-electron chi connectivity index (χ3n) is 1.46. The van der Waals surface area contributed by atoms with E-state index in [1.165, 1.54) is 6.26 Å². The van der Waals surface area contributed by atoms with Crippen molar-refractivity contribution in [3.05, 3.63) is 17.8 Å². The Morgan fingerprint density at radius 3 is 3.00 bits per heavy atom. The van der Waals surface area contributed by atoms with Gasteiger partial charge in [0, 0.05) is 0 Å². The largest absolute Gasteiger partial charge is 0.480 e. The summed E-state index contributed by atoms with van der Waals surface area (Å²) in [7, 11) is 0. The van der Waals surface area contributed by atoms with Gasteiger partial charge < -0.3 is 15.3 Å². The minimum absolute atomic E-state index is 0.0550. The number of nitrogens with two attached hydrogens (primary N) is 1. The molecular weight excluding hydrogens is 160 g/mol. The molecule has 0 aromatic carbocycles. The molecule has 5 heteroatoms. The van der Waals surface area contributed by atoms with Crippen molar-refractivity contribution >= 4 is 5.97 Å². The first-order chi connectivity index (χ1) is 5.65. The Morgan fingerprint density at radius 2 is 2.58 bits per heavy atom. The van der Waals surface area contributed by atoms with Gasteiger partial charge in [-0.05, 0) is 6.42 Å². The Bertz CT molecular complexity index is 282. The zero-order valence-corrected chi connectivity index (χ0v) is 6.65. The Hall–Kier alpha value is -1.36. The number of carboxylic acid groups (broad SMARTS) is 1. The van der Waals surface area contributed by atoms with Crippen molar-refractivity contribution < 1.29 is 14.3 Å². The van der Waals surface area contributed by atoms with Gasteiger partial charge in [0.05, 0.1) is 5.69 Å². The number of rotatable bonds is 3. The van der Waals surface area contributed by atoms with Gasteiger partial charge in [-0.3, -0.25) is 0 Å². The summed E-state index contributed by atoms with van der Waals surface area (Å²) >= 11 is 0. The van der Waals surface area contributed by atoms with Gasteiger partial charge in [0.2, 0.25) is 5.89 Å². The van der Waals surface area contributed by atoms with Crippen LogP contribution in [0.5, 0.6) is 0 Å². The summed E-state index contributed by atoms with van der Waals surface area (Å²) in [6.07, 6.45) is 2.12. The molecule has 0 radical (unpaired) electrons. The molecule has 0 aliphatic heterocycles. The summed E-state index contributed by atoms with van der Waals surface area (Å²) in [6, 6.07) is -1.16. The zero-order chi connectivity index (χ0) is 9.14. The van der Waals surface area contributed by atoms with Crippen LogP contribution in [0.1, 0.15) is 24.6 Å². The molecule has 1 aromatic rings. The Kier molecular flexibility index (Phi) is 2.44. The monoisotopic (exact) mass is 170 g/mol. The quantitative estimate of drug-likeness (QED) is 0.681. The van der Waals surface area contributed by atoms with Crippen molar-refractivity contribution in [2.75, 3.05) is 0 Å². The van der Waals surface area contributed by atoms with Crippen LogP contribution in [0.3, 0.4) is 0 Å². The number of aryl methyl sites for hydroxylation is 1. The minimum Gasteiger partial charge on any atom is -0.480 e. The van der Waals surface area contributed by atoms with Gasteiger partial charge >= 0.3 is 5.97 Å². The molecule has 0 spiro atoms. The molecule has 0 amide bonds. The molecule has 0 aliphatic rings. The molecule has 3 N–H and O–H groups in total. The summed E-state index contributed by atoms with van der Waals surface area (Å²) in [5.74, 6) is -1.08. The zero-order valence-electron chi connectivity index (χ0n) is 6.65. The van der Waals surface area contributed by atoms with Crippen LogP contribution in [0.15, 0.2) is 10.7 Å². The van der Waals surface area contributed by atoms with E-state index in [1.54, 1.807) is 0 Å². The molecule has 0 fully saturated rings. The number of aromatic nitrogens is 1. The molecule has 1 aromatic heterocycles.